The summed E-state index contributed by atoms with van der Waals surface area (Å²) in [6, 6.07) is 10.3. The summed E-state index contributed by atoms with van der Waals surface area (Å²) in [4.78, 5) is 6.37. The zero-order valence-electron chi connectivity index (χ0n) is 14.0. The summed E-state index contributed by atoms with van der Waals surface area (Å²) in [5.41, 5.74) is 0.869. The molecule has 0 aliphatic carbocycles. The monoisotopic (exact) mass is 291 g/mol. The molecule has 3 nitrogen and oxygen atoms in total. The Morgan fingerprint density at radius 2 is 1.86 bits per heavy atom. The largest absolute Gasteiger partial charge is 0.393 e. The number of piperidine rings is 1. The van der Waals surface area contributed by atoms with Gasteiger partial charge in [-0.15, -0.1) is 0 Å². The van der Waals surface area contributed by atoms with E-state index in [9.17, 15) is 5.11 Å². The summed E-state index contributed by atoms with van der Waals surface area (Å²) in [5.74, 6) is 0. The first-order valence-electron chi connectivity index (χ1n) is 7.98. The van der Waals surface area contributed by atoms with Gasteiger partial charge in [0.1, 0.15) is 6.10 Å². The molecule has 1 N–H and O–H groups in total. The Hall–Kier alpha value is -0.900. The molecule has 0 saturated carbocycles. The second-order valence-electron chi connectivity index (χ2n) is 7.18. The molecule has 1 aliphatic heterocycles. The Bertz CT molecular complexity index is 460. The van der Waals surface area contributed by atoms with E-state index in [1.807, 2.05) is 18.2 Å². The van der Waals surface area contributed by atoms with Crippen molar-refractivity contribution < 1.29 is 9.94 Å². The van der Waals surface area contributed by atoms with Crippen LogP contribution in [0.5, 0.6) is 0 Å². The molecule has 1 saturated heterocycles. The van der Waals surface area contributed by atoms with E-state index in [-0.39, 0.29) is 23.3 Å². The molecule has 0 spiro atoms. The molecule has 1 fully saturated rings. The molecule has 0 amide bonds. The maximum Gasteiger partial charge on any atom is 0.102 e. The van der Waals surface area contributed by atoms with Crippen LogP contribution in [-0.2, 0) is 4.84 Å². The average Bonchev–Trinajstić information content (AvgIpc) is 2.43. The molecular formula is C18H29NO2. The molecule has 2 rings (SSSR count). The normalized spacial score (nSPS) is 31.0. The minimum atomic E-state index is -0.253. The molecule has 1 aromatic rings. The van der Waals surface area contributed by atoms with E-state index < -0.39 is 0 Å². The Kier molecular flexibility index (Phi) is 4.76. The summed E-state index contributed by atoms with van der Waals surface area (Å²) < 4.78 is 0. The number of hydrogen-bond acceptors (Lipinski definition) is 3. The summed E-state index contributed by atoms with van der Waals surface area (Å²) in [7, 11) is 0. The minimum absolute atomic E-state index is 0.00610. The molecule has 0 bridgehead atoms. The average molecular weight is 291 g/mol. The van der Waals surface area contributed by atoms with Gasteiger partial charge in [0.2, 0.25) is 0 Å². The highest BCUT2D eigenvalue weighted by Gasteiger charge is 2.48. The second kappa shape index (κ2) is 6.07. The summed E-state index contributed by atoms with van der Waals surface area (Å²) in [6.45, 7) is 10.8. The van der Waals surface area contributed by atoms with Gasteiger partial charge in [0, 0.05) is 11.1 Å². The minimum Gasteiger partial charge on any atom is -0.393 e. The van der Waals surface area contributed by atoms with Gasteiger partial charge in [-0.05, 0) is 52.5 Å². The standard InChI is InChI=1S/C18H29NO2/c1-6-18(5)13-16(20)12-17(3,4)19(18)21-14(2)15-10-8-7-9-11-15/h7-11,14,16,20H,6,12-13H2,1-5H3. The maximum atomic E-state index is 10.2. The zero-order chi connectivity index (χ0) is 15.7. The first-order valence-corrected chi connectivity index (χ1v) is 7.98. The van der Waals surface area contributed by atoms with Crippen molar-refractivity contribution in [2.24, 2.45) is 0 Å². The maximum absolute atomic E-state index is 10.2. The van der Waals surface area contributed by atoms with Crippen LogP contribution in [0.4, 0.5) is 0 Å². The number of nitrogens with zero attached hydrogens (tertiary/aromatic N) is 1. The SMILES string of the molecule is CCC1(C)CC(O)CC(C)(C)N1OC(C)c1ccccc1. The van der Waals surface area contributed by atoms with Gasteiger partial charge in [0.05, 0.1) is 6.10 Å². The van der Waals surface area contributed by atoms with Crippen LogP contribution in [0.1, 0.15) is 65.5 Å². The van der Waals surface area contributed by atoms with Crippen LogP contribution in [0.3, 0.4) is 0 Å². The molecule has 3 unspecified atom stereocenters. The Balaban J connectivity index is 2.22. The lowest BCUT2D eigenvalue weighted by Gasteiger charge is -2.54. The number of rotatable bonds is 4. The Morgan fingerprint density at radius 1 is 1.24 bits per heavy atom. The fourth-order valence-electron chi connectivity index (χ4n) is 3.55. The first-order chi connectivity index (χ1) is 9.78. The first kappa shape index (κ1) is 16.5. The van der Waals surface area contributed by atoms with Crippen LogP contribution in [-0.4, -0.2) is 27.4 Å². The van der Waals surface area contributed by atoms with Crippen molar-refractivity contribution >= 4 is 0 Å². The van der Waals surface area contributed by atoms with Gasteiger partial charge < -0.3 is 5.11 Å². The second-order valence-corrected chi connectivity index (χ2v) is 7.18. The topological polar surface area (TPSA) is 32.7 Å². The van der Waals surface area contributed by atoms with Gasteiger partial charge in [-0.3, -0.25) is 4.84 Å². The highest BCUT2D eigenvalue weighted by molar-refractivity contribution is 5.17. The fourth-order valence-corrected chi connectivity index (χ4v) is 3.55. The number of hydroxylamine groups is 2. The number of benzene rings is 1. The summed E-state index contributed by atoms with van der Waals surface area (Å²) in [5, 5.41) is 12.3. The summed E-state index contributed by atoms with van der Waals surface area (Å²) >= 11 is 0. The van der Waals surface area contributed by atoms with Crippen molar-refractivity contribution in [3.05, 3.63) is 35.9 Å². The van der Waals surface area contributed by atoms with Crippen LogP contribution in [0.25, 0.3) is 0 Å². The van der Waals surface area contributed by atoms with Crippen LogP contribution in [0.15, 0.2) is 30.3 Å². The highest BCUT2D eigenvalue weighted by Crippen LogP contribution is 2.42. The predicted molar refractivity (Wildman–Crippen MR) is 85.8 cm³/mol. The van der Waals surface area contributed by atoms with Gasteiger partial charge >= 0.3 is 0 Å². The van der Waals surface area contributed by atoms with Crippen LogP contribution < -0.4 is 0 Å². The predicted octanol–water partition coefficient (Wildman–Crippen LogP) is 4.08. The number of hydrogen-bond donors (Lipinski definition) is 1. The molecular weight excluding hydrogens is 262 g/mol. The quantitative estimate of drug-likeness (QED) is 0.907. The molecule has 1 aliphatic rings. The zero-order valence-corrected chi connectivity index (χ0v) is 14.0. The molecule has 0 aromatic heterocycles. The van der Waals surface area contributed by atoms with Crippen LogP contribution in [0, 0.1) is 0 Å². The van der Waals surface area contributed by atoms with E-state index in [0.717, 1.165) is 19.3 Å². The van der Waals surface area contributed by atoms with Crippen LogP contribution in [0.2, 0.25) is 0 Å². The van der Waals surface area contributed by atoms with Crippen molar-refractivity contribution in [3.63, 3.8) is 0 Å². The van der Waals surface area contributed by atoms with E-state index in [1.165, 1.54) is 5.56 Å². The van der Waals surface area contributed by atoms with Gasteiger partial charge in [0.15, 0.2) is 0 Å². The molecule has 3 heteroatoms. The van der Waals surface area contributed by atoms with Gasteiger partial charge in [0.25, 0.3) is 0 Å². The number of aliphatic hydroxyl groups is 1. The van der Waals surface area contributed by atoms with E-state index in [0.29, 0.717) is 0 Å². The third-order valence-corrected chi connectivity index (χ3v) is 4.74. The molecule has 3 atom stereocenters. The Morgan fingerprint density at radius 3 is 2.43 bits per heavy atom. The van der Waals surface area contributed by atoms with Crippen molar-refractivity contribution in [2.75, 3.05) is 0 Å². The molecule has 0 radical (unpaired) electrons. The van der Waals surface area contributed by atoms with Crippen molar-refractivity contribution in [3.8, 4) is 0 Å². The number of aliphatic hydroxyl groups excluding tert-OH is 1. The van der Waals surface area contributed by atoms with Crippen molar-refractivity contribution in [1.29, 1.82) is 0 Å². The van der Waals surface area contributed by atoms with Crippen molar-refractivity contribution in [2.45, 2.75) is 77.2 Å². The molecule has 1 aromatic carbocycles. The molecule has 118 valence electrons. The lowest BCUT2D eigenvalue weighted by atomic mass is 9.78. The Labute approximate surface area is 128 Å². The van der Waals surface area contributed by atoms with E-state index in [1.54, 1.807) is 0 Å². The smallest absolute Gasteiger partial charge is 0.102 e. The molecule has 1 heterocycles. The lowest BCUT2D eigenvalue weighted by molar-refractivity contribution is -0.318. The van der Waals surface area contributed by atoms with Crippen LogP contribution >= 0.6 is 0 Å². The summed E-state index contributed by atoms with van der Waals surface area (Å²) in [6.07, 6.45) is 2.21. The van der Waals surface area contributed by atoms with Gasteiger partial charge in [-0.2, -0.15) is 5.06 Å². The van der Waals surface area contributed by atoms with Crippen molar-refractivity contribution in [1.82, 2.24) is 5.06 Å². The van der Waals surface area contributed by atoms with Gasteiger partial charge in [-0.1, -0.05) is 37.3 Å². The molecule has 21 heavy (non-hydrogen) atoms. The third-order valence-electron chi connectivity index (χ3n) is 4.74. The highest BCUT2D eigenvalue weighted by atomic mass is 16.7. The fraction of sp³-hybridized carbons (Fsp3) is 0.667. The van der Waals surface area contributed by atoms with E-state index in [4.69, 9.17) is 4.84 Å². The van der Waals surface area contributed by atoms with E-state index >= 15 is 0 Å². The van der Waals surface area contributed by atoms with Gasteiger partial charge in [-0.25, -0.2) is 0 Å². The third kappa shape index (κ3) is 3.47. The lowest BCUT2D eigenvalue weighted by Crippen LogP contribution is -2.62. The van der Waals surface area contributed by atoms with E-state index in [2.05, 4.69) is 51.8 Å².